The topological polar surface area (TPSA) is 77.5 Å². The van der Waals surface area contributed by atoms with Gasteiger partial charge in [0.2, 0.25) is 11.7 Å². The van der Waals surface area contributed by atoms with Crippen LogP contribution in [-0.4, -0.2) is 75.7 Å². The van der Waals surface area contributed by atoms with E-state index < -0.39 is 0 Å². The van der Waals surface area contributed by atoms with Gasteiger partial charge in [0.15, 0.2) is 11.5 Å². The minimum absolute atomic E-state index is 0.0985. The van der Waals surface area contributed by atoms with Crippen molar-refractivity contribution in [1.29, 1.82) is 0 Å². The summed E-state index contributed by atoms with van der Waals surface area (Å²) in [6, 6.07) is 21.0. The van der Waals surface area contributed by atoms with Crippen LogP contribution in [0.5, 0.6) is 23.0 Å². The highest BCUT2D eigenvalue weighted by atomic mass is 16.5. The molecule has 0 N–H and O–H groups in total. The van der Waals surface area contributed by atoms with Crippen LogP contribution in [0.4, 0.5) is 0 Å². The number of nitrogens with zero attached hydrogens (tertiary/aromatic N) is 2. The zero-order valence-electron chi connectivity index (χ0n) is 23.5. The first kappa shape index (κ1) is 28.5. The molecule has 1 saturated heterocycles. The molecule has 8 nitrogen and oxygen atoms in total. The van der Waals surface area contributed by atoms with Crippen LogP contribution in [0.25, 0.3) is 5.57 Å². The quantitative estimate of drug-likeness (QED) is 0.338. The Morgan fingerprint density at radius 1 is 0.750 bits per heavy atom. The molecule has 210 valence electrons. The number of carbonyl (C=O) groups is 2. The van der Waals surface area contributed by atoms with Crippen molar-refractivity contribution in [3.05, 3.63) is 89.5 Å². The highest BCUT2D eigenvalue weighted by molar-refractivity contribution is 6.00. The molecule has 0 unspecified atom stereocenters. The van der Waals surface area contributed by atoms with Gasteiger partial charge in [0, 0.05) is 37.8 Å². The maximum atomic E-state index is 13.5. The molecule has 8 heteroatoms. The summed E-state index contributed by atoms with van der Waals surface area (Å²) in [4.78, 5) is 30.3. The van der Waals surface area contributed by atoms with Gasteiger partial charge >= 0.3 is 0 Å². The van der Waals surface area contributed by atoms with Crippen LogP contribution >= 0.6 is 0 Å². The fourth-order valence-electron chi connectivity index (χ4n) is 4.66. The average molecular weight is 545 g/mol. The molecule has 40 heavy (non-hydrogen) atoms. The van der Waals surface area contributed by atoms with Gasteiger partial charge in [-0.2, -0.15) is 0 Å². The van der Waals surface area contributed by atoms with E-state index in [2.05, 4.69) is 6.92 Å². The van der Waals surface area contributed by atoms with Crippen molar-refractivity contribution in [3.8, 4) is 23.0 Å². The lowest BCUT2D eigenvalue weighted by molar-refractivity contribution is -0.127. The molecule has 1 aliphatic heterocycles. The number of hydrogen-bond donors (Lipinski definition) is 0. The Morgan fingerprint density at radius 2 is 1.38 bits per heavy atom. The predicted molar refractivity (Wildman–Crippen MR) is 154 cm³/mol. The highest BCUT2D eigenvalue weighted by Crippen LogP contribution is 2.38. The zero-order chi connectivity index (χ0) is 28.5. The third-order valence-corrected chi connectivity index (χ3v) is 6.76. The van der Waals surface area contributed by atoms with Crippen LogP contribution in [0.1, 0.15) is 34.8 Å². The second-order valence-corrected chi connectivity index (χ2v) is 9.33. The molecule has 0 saturated carbocycles. The molecule has 4 rings (SSSR count). The first-order chi connectivity index (χ1) is 19.5. The maximum Gasteiger partial charge on any atom is 0.254 e. The maximum absolute atomic E-state index is 13.5. The summed E-state index contributed by atoms with van der Waals surface area (Å²) in [5.41, 5.74) is 3.11. The third kappa shape index (κ3) is 6.57. The van der Waals surface area contributed by atoms with Gasteiger partial charge in [-0.1, -0.05) is 49.4 Å². The largest absolute Gasteiger partial charge is 0.494 e. The number of rotatable bonds is 10. The predicted octanol–water partition coefficient (Wildman–Crippen LogP) is 4.92. The van der Waals surface area contributed by atoms with Crippen molar-refractivity contribution in [3.63, 3.8) is 0 Å². The van der Waals surface area contributed by atoms with Gasteiger partial charge in [-0.3, -0.25) is 9.59 Å². The van der Waals surface area contributed by atoms with E-state index >= 15 is 0 Å². The van der Waals surface area contributed by atoms with E-state index in [-0.39, 0.29) is 11.8 Å². The van der Waals surface area contributed by atoms with Gasteiger partial charge in [0.05, 0.1) is 27.9 Å². The Kier molecular flexibility index (Phi) is 9.67. The van der Waals surface area contributed by atoms with E-state index in [1.807, 2.05) is 54.6 Å². The van der Waals surface area contributed by atoms with Gasteiger partial charge in [0.1, 0.15) is 5.75 Å². The molecule has 0 radical (unpaired) electrons. The summed E-state index contributed by atoms with van der Waals surface area (Å²) >= 11 is 0. The molecule has 3 aromatic carbocycles. The minimum Gasteiger partial charge on any atom is -0.494 e. The smallest absolute Gasteiger partial charge is 0.254 e. The van der Waals surface area contributed by atoms with Gasteiger partial charge in [0.25, 0.3) is 5.91 Å². The molecule has 0 spiro atoms. The van der Waals surface area contributed by atoms with E-state index in [4.69, 9.17) is 18.9 Å². The van der Waals surface area contributed by atoms with Crippen molar-refractivity contribution >= 4 is 17.4 Å². The third-order valence-electron chi connectivity index (χ3n) is 6.76. The summed E-state index contributed by atoms with van der Waals surface area (Å²) in [6.45, 7) is 4.37. The van der Waals surface area contributed by atoms with Crippen molar-refractivity contribution in [2.45, 2.75) is 13.3 Å². The molecule has 0 atom stereocenters. The molecule has 0 bridgehead atoms. The van der Waals surface area contributed by atoms with Crippen molar-refractivity contribution < 1.29 is 28.5 Å². The van der Waals surface area contributed by atoms with E-state index in [1.54, 1.807) is 28.0 Å². The molecular formula is C32H36N2O6. The van der Waals surface area contributed by atoms with Crippen LogP contribution in [0.3, 0.4) is 0 Å². The van der Waals surface area contributed by atoms with Crippen molar-refractivity contribution in [2.75, 3.05) is 54.1 Å². The number of benzene rings is 3. The van der Waals surface area contributed by atoms with Gasteiger partial charge in [-0.25, -0.2) is 0 Å². The Labute approximate surface area is 235 Å². The molecule has 2 amide bonds. The molecule has 1 heterocycles. The summed E-state index contributed by atoms with van der Waals surface area (Å²) < 4.78 is 22.0. The number of methoxy groups -OCH3 is 3. The Hall–Kier alpha value is -4.46. The molecule has 0 aliphatic carbocycles. The molecular weight excluding hydrogens is 508 g/mol. The average Bonchev–Trinajstić information content (AvgIpc) is 3.01. The first-order valence-electron chi connectivity index (χ1n) is 13.4. The Morgan fingerprint density at radius 3 is 1.98 bits per heavy atom. The summed E-state index contributed by atoms with van der Waals surface area (Å²) in [7, 11) is 4.55. The number of amides is 2. The molecule has 0 aromatic heterocycles. The van der Waals surface area contributed by atoms with Gasteiger partial charge < -0.3 is 28.7 Å². The molecule has 1 aliphatic rings. The monoisotopic (exact) mass is 544 g/mol. The van der Waals surface area contributed by atoms with Crippen molar-refractivity contribution in [1.82, 2.24) is 9.80 Å². The Balaban J connectivity index is 1.51. The van der Waals surface area contributed by atoms with E-state index in [1.165, 1.54) is 21.3 Å². The van der Waals surface area contributed by atoms with E-state index in [0.29, 0.717) is 55.6 Å². The number of piperazine rings is 1. The van der Waals surface area contributed by atoms with E-state index in [9.17, 15) is 9.59 Å². The fraction of sp³-hybridized carbons (Fsp3) is 0.312. The van der Waals surface area contributed by atoms with Crippen LogP contribution < -0.4 is 18.9 Å². The molecule has 1 fully saturated rings. The summed E-state index contributed by atoms with van der Waals surface area (Å²) in [5, 5.41) is 0. The van der Waals surface area contributed by atoms with E-state index in [0.717, 1.165) is 28.9 Å². The lowest BCUT2D eigenvalue weighted by atomic mass is 9.97. The first-order valence-corrected chi connectivity index (χ1v) is 13.4. The lowest BCUT2D eigenvalue weighted by Crippen LogP contribution is -2.50. The van der Waals surface area contributed by atoms with Crippen LogP contribution in [0.2, 0.25) is 0 Å². The van der Waals surface area contributed by atoms with Crippen LogP contribution in [0, 0.1) is 0 Å². The zero-order valence-corrected chi connectivity index (χ0v) is 23.5. The fourth-order valence-corrected chi connectivity index (χ4v) is 4.66. The number of ether oxygens (including phenoxy) is 4. The summed E-state index contributed by atoms with van der Waals surface area (Å²) in [5.74, 6) is 1.78. The SMILES string of the molecule is CCCOc1cccc(C(=CC(=O)N2CCN(C(=O)c3cc(OC)c(OC)c(OC)c3)CC2)c2ccccc2)c1. The number of hydrogen-bond acceptors (Lipinski definition) is 6. The van der Waals surface area contributed by atoms with Crippen molar-refractivity contribution in [2.24, 2.45) is 0 Å². The highest BCUT2D eigenvalue weighted by Gasteiger charge is 2.26. The van der Waals surface area contributed by atoms with Crippen LogP contribution in [-0.2, 0) is 4.79 Å². The lowest BCUT2D eigenvalue weighted by Gasteiger charge is -2.34. The van der Waals surface area contributed by atoms with Gasteiger partial charge in [-0.05, 0) is 47.4 Å². The summed E-state index contributed by atoms with van der Waals surface area (Å²) in [6.07, 6.45) is 2.60. The molecule has 3 aromatic rings. The standard InChI is InChI=1S/C32H36N2O6/c1-5-18-40-26-13-9-12-24(19-26)27(23-10-7-6-8-11-23)22-30(35)33-14-16-34(17-15-33)32(36)25-20-28(37-2)31(39-4)29(21-25)38-3/h6-13,19-22H,5,14-18H2,1-4H3. The second-order valence-electron chi connectivity index (χ2n) is 9.33. The normalized spacial score (nSPS) is 13.6. The van der Waals surface area contributed by atoms with Gasteiger partial charge in [-0.15, -0.1) is 0 Å². The van der Waals surface area contributed by atoms with Crippen LogP contribution in [0.15, 0.2) is 72.8 Å². The minimum atomic E-state index is -0.157. The number of carbonyl (C=O) groups excluding carboxylic acids is 2. The Bertz CT molecular complexity index is 1320. The second kappa shape index (κ2) is 13.6.